The summed E-state index contributed by atoms with van der Waals surface area (Å²) < 4.78 is 0. The average molecular weight is 277 g/mol. The second kappa shape index (κ2) is 6.02. The van der Waals surface area contributed by atoms with Crippen molar-refractivity contribution in [1.82, 2.24) is 15.3 Å². The molecular formula is C10H14Cl2N4O. The van der Waals surface area contributed by atoms with Gasteiger partial charge in [0.2, 0.25) is 11.2 Å². The molecule has 0 spiro atoms. The molecule has 0 saturated carbocycles. The van der Waals surface area contributed by atoms with E-state index in [0.29, 0.717) is 10.8 Å². The van der Waals surface area contributed by atoms with Crippen LogP contribution < -0.4 is 10.2 Å². The van der Waals surface area contributed by atoms with E-state index in [2.05, 4.69) is 15.3 Å². The average Bonchev–Trinajstić information content (AvgIpc) is 2.20. The highest BCUT2D eigenvalue weighted by atomic mass is 35.5. The van der Waals surface area contributed by atoms with Crippen molar-refractivity contribution in [2.45, 2.75) is 19.9 Å². The number of rotatable bonds is 4. The van der Waals surface area contributed by atoms with Crippen LogP contribution in [0.1, 0.15) is 13.8 Å². The predicted molar refractivity (Wildman–Crippen MR) is 68.6 cm³/mol. The maximum absolute atomic E-state index is 11.6. The zero-order valence-electron chi connectivity index (χ0n) is 9.87. The number of hydrogen-bond donors (Lipinski definition) is 1. The Hall–Kier alpha value is -1.07. The number of likely N-dealkylation sites (N-methyl/N-ethyl adjacent to an activating group) is 1. The number of nitrogens with one attached hydrogen (secondary N) is 1. The van der Waals surface area contributed by atoms with Crippen LogP contribution in [0.2, 0.25) is 10.3 Å². The van der Waals surface area contributed by atoms with Gasteiger partial charge in [-0.1, -0.05) is 11.6 Å². The Morgan fingerprint density at radius 1 is 1.53 bits per heavy atom. The summed E-state index contributed by atoms with van der Waals surface area (Å²) in [6.07, 6.45) is 1.41. The topological polar surface area (TPSA) is 58.1 Å². The van der Waals surface area contributed by atoms with Crippen molar-refractivity contribution in [2.75, 3.05) is 18.5 Å². The van der Waals surface area contributed by atoms with Crippen LogP contribution in [0.25, 0.3) is 0 Å². The van der Waals surface area contributed by atoms with Crippen molar-refractivity contribution in [3.8, 4) is 0 Å². The third-order valence-electron chi connectivity index (χ3n) is 1.89. The van der Waals surface area contributed by atoms with Gasteiger partial charge in [0, 0.05) is 13.1 Å². The van der Waals surface area contributed by atoms with E-state index in [4.69, 9.17) is 23.2 Å². The van der Waals surface area contributed by atoms with Crippen LogP contribution in [0.5, 0.6) is 0 Å². The number of hydrogen-bond acceptors (Lipinski definition) is 4. The molecule has 0 aliphatic carbocycles. The number of amides is 1. The van der Waals surface area contributed by atoms with Gasteiger partial charge in [-0.25, -0.2) is 4.98 Å². The zero-order chi connectivity index (χ0) is 13.0. The van der Waals surface area contributed by atoms with E-state index in [1.165, 1.54) is 6.20 Å². The van der Waals surface area contributed by atoms with Crippen LogP contribution in [0, 0.1) is 0 Å². The van der Waals surface area contributed by atoms with Crippen LogP contribution in [0.4, 0.5) is 5.82 Å². The quantitative estimate of drug-likeness (QED) is 0.852. The van der Waals surface area contributed by atoms with Crippen molar-refractivity contribution in [2.24, 2.45) is 0 Å². The molecule has 1 aromatic rings. The Kier molecular flexibility index (Phi) is 4.96. The molecule has 0 unspecified atom stereocenters. The molecule has 0 aromatic carbocycles. The van der Waals surface area contributed by atoms with Gasteiger partial charge in [-0.3, -0.25) is 4.79 Å². The molecule has 5 nitrogen and oxygen atoms in total. The maximum atomic E-state index is 11.6. The van der Waals surface area contributed by atoms with Crippen molar-refractivity contribution < 1.29 is 4.79 Å². The van der Waals surface area contributed by atoms with Gasteiger partial charge in [0.1, 0.15) is 5.02 Å². The van der Waals surface area contributed by atoms with E-state index < -0.39 is 0 Å². The summed E-state index contributed by atoms with van der Waals surface area (Å²) in [7, 11) is 1.71. The van der Waals surface area contributed by atoms with Gasteiger partial charge < -0.3 is 10.2 Å². The second-order valence-electron chi connectivity index (χ2n) is 3.89. The van der Waals surface area contributed by atoms with Gasteiger partial charge in [-0.2, -0.15) is 4.98 Å². The van der Waals surface area contributed by atoms with E-state index in [-0.39, 0.29) is 23.8 Å². The molecule has 7 heteroatoms. The molecule has 1 heterocycles. The highest BCUT2D eigenvalue weighted by Crippen LogP contribution is 2.22. The molecular weight excluding hydrogens is 263 g/mol. The molecule has 0 atom stereocenters. The fraction of sp³-hybridized carbons (Fsp3) is 0.500. The van der Waals surface area contributed by atoms with E-state index in [1.54, 1.807) is 11.9 Å². The molecule has 0 radical (unpaired) electrons. The molecule has 0 fully saturated rings. The SMILES string of the molecule is CC(C)NC(=O)CN(C)c1nc(Cl)ncc1Cl. The summed E-state index contributed by atoms with van der Waals surface area (Å²) in [4.78, 5) is 20.9. The Labute approximate surface area is 110 Å². The van der Waals surface area contributed by atoms with Crippen LogP contribution >= 0.6 is 23.2 Å². The third kappa shape index (κ3) is 4.36. The number of anilines is 1. The van der Waals surface area contributed by atoms with Gasteiger partial charge in [-0.15, -0.1) is 0 Å². The van der Waals surface area contributed by atoms with Gasteiger partial charge >= 0.3 is 0 Å². The fourth-order valence-electron chi connectivity index (χ4n) is 1.26. The molecule has 1 aromatic heterocycles. The lowest BCUT2D eigenvalue weighted by Gasteiger charge is -2.19. The number of carbonyl (C=O) groups excluding carboxylic acids is 1. The number of carbonyl (C=O) groups is 1. The van der Waals surface area contributed by atoms with E-state index in [0.717, 1.165) is 0 Å². The van der Waals surface area contributed by atoms with E-state index in [9.17, 15) is 4.79 Å². The van der Waals surface area contributed by atoms with E-state index in [1.807, 2.05) is 13.8 Å². The van der Waals surface area contributed by atoms with Crippen LogP contribution in [-0.4, -0.2) is 35.5 Å². The lowest BCUT2D eigenvalue weighted by molar-refractivity contribution is -0.120. The number of halogens is 2. The van der Waals surface area contributed by atoms with Gasteiger partial charge in [0.15, 0.2) is 5.82 Å². The van der Waals surface area contributed by atoms with Gasteiger partial charge in [0.05, 0.1) is 12.7 Å². The molecule has 17 heavy (non-hydrogen) atoms. The fourth-order valence-corrected chi connectivity index (χ4v) is 1.63. The summed E-state index contributed by atoms with van der Waals surface area (Å²) in [5.41, 5.74) is 0. The number of nitrogens with zero attached hydrogens (tertiary/aromatic N) is 3. The van der Waals surface area contributed by atoms with Crippen molar-refractivity contribution in [3.63, 3.8) is 0 Å². The molecule has 1 amide bonds. The zero-order valence-corrected chi connectivity index (χ0v) is 11.4. The first-order valence-electron chi connectivity index (χ1n) is 5.08. The molecule has 0 aliphatic heterocycles. The summed E-state index contributed by atoms with van der Waals surface area (Å²) >= 11 is 11.6. The first-order chi connectivity index (χ1) is 7.90. The minimum Gasteiger partial charge on any atom is -0.352 e. The first-order valence-corrected chi connectivity index (χ1v) is 5.84. The molecule has 0 bridgehead atoms. The number of aromatic nitrogens is 2. The lowest BCUT2D eigenvalue weighted by Crippen LogP contribution is -2.39. The Morgan fingerprint density at radius 3 is 2.76 bits per heavy atom. The minimum absolute atomic E-state index is 0.0976. The molecule has 1 N–H and O–H groups in total. The Balaban J connectivity index is 2.72. The lowest BCUT2D eigenvalue weighted by atomic mass is 10.4. The minimum atomic E-state index is -0.103. The molecule has 94 valence electrons. The van der Waals surface area contributed by atoms with Crippen LogP contribution in [0.3, 0.4) is 0 Å². The van der Waals surface area contributed by atoms with Crippen LogP contribution in [-0.2, 0) is 4.79 Å². The standard InChI is InChI=1S/C10H14Cl2N4O/c1-6(2)14-8(17)5-16(3)9-7(11)4-13-10(12)15-9/h4,6H,5H2,1-3H3,(H,14,17). The van der Waals surface area contributed by atoms with Crippen molar-refractivity contribution in [1.29, 1.82) is 0 Å². The Bertz CT molecular complexity index is 411. The second-order valence-corrected chi connectivity index (χ2v) is 4.63. The summed E-state index contributed by atoms with van der Waals surface area (Å²) in [6, 6.07) is 0.0976. The van der Waals surface area contributed by atoms with Gasteiger partial charge in [-0.05, 0) is 25.4 Å². The monoisotopic (exact) mass is 276 g/mol. The van der Waals surface area contributed by atoms with E-state index >= 15 is 0 Å². The molecule has 1 rings (SSSR count). The maximum Gasteiger partial charge on any atom is 0.239 e. The van der Waals surface area contributed by atoms with Crippen molar-refractivity contribution >= 4 is 34.9 Å². The smallest absolute Gasteiger partial charge is 0.239 e. The van der Waals surface area contributed by atoms with Gasteiger partial charge in [0.25, 0.3) is 0 Å². The predicted octanol–water partition coefficient (Wildman–Crippen LogP) is 1.74. The third-order valence-corrected chi connectivity index (χ3v) is 2.34. The summed E-state index contributed by atoms with van der Waals surface area (Å²) in [6.45, 7) is 3.95. The molecule has 0 saturated heterocycles. The highest BCUT2D eigenvalue weighted by molar-refractivity contribution is 6.33. The normalized spacial score (nSPS) is 10.5. The largest absolute Gasteiger partial charge is 0.352 e. The first kappa shape index (κ1) is 14.0. The molecule has 0 aliphatic rings. The van der Waals surface area contributed by atoms with Crippen molar-refractivity contribution in [3.05, 3.63) is 16.5 Å². The van der Waals surface area contributed by atoms with Crippen LogP contribution in [0.15, 0.2) is 6.20 Å². The highest BCUT2D eigenvalue weighted by Gasteiger charge is 2.13. The Morgan fingerprint density at radius 2 is 2.18 bits per heavy atom. The summed E-state index contributed by atoms with van der Waals surface area (Å²) in [5, 5.41) is 3.23. The summed E-state index contributed by atoms with van der Waals surface area (Å²) in [5.74, 6) is 0.332.